The van der Waals surface area contributed by atoms with E-state index in [0.29, 0.717) is 29.5 Å². The van der Waals surface area contributed by atoms with Crippen LogP contribution < -0.4 is 19.5 Å². The zero-order valence-electron chi connectivity index (χ0n) is 15.4. The van der Waals surface area contributed by atoms with Crippen molar-refractivity contribution in [3.63, 3.8) is 0 Å². The SMILES string of the molecule is CCOc1ccc(S(=O)(=O)Nc2ccc3c(c2)OCC(C)(C)C(=O)N3)cc1. The minimum Gasteiger partial charge on any atom is -0.494 e. The number of nitrogens with one attached hydrogen (secondary N) is 2. The molecular weight excluding hydrogens is 368 g/mol. The van der Waals surface area contributed by atoms with Crippen molar-refractivity contribution in [3.05, 3.63) is 42.5 Å². The molecule has 0 spiro atoms. The summed E-state index contributed by atoms with van der Waals surface area (Å²) < 4.78 is 38.8. The number of ether oxygens (including phenoxy) is 2. The lowest BCUT2D eigenvalue weighted by Crippen LogP contribution is -2.33. The molecule has 0 fully saturated rings. The number of amides is 1. The fourth-order valence-corrected chi connectivity index (χ4v) is 3.57. The number of fused-ring (bicyclic) bond motifs is 1. The average Bonchev–Trinajstić information content (AvgIpc) is 2.72. The Bertz CT molecular complexity index is 953. The van der Waals surface area contributed by atoms with Crippen LogP contribution in [0.3, 0.4) is 0 Å². The van der Waals surface area contributed by atoms with Gasteiger partial charge < -0.3 is 14.8 Å². The number of sulfonamides is 1. The summed E-state index contributed by atoms with van der Waals surface area (Å²) >= 11 is 0. The Morgan fingerprint density at radius 3 is 2.56 bits per heavy atom. The van der Waals surface area contributed by atoms with Gasteiger partial charge in [0, 0.05) is 6.07 Å². The molecule has 0 atom stereocenters. The minimum absolute atomic E-state index is 0.122. The van der Waals surface area contributed by atoms with E-state index in [1.807, 2.05) is 6.92 Å². The summed E-state index contributed by atoms with van der Waals surface area (Å²) in [5.41, 5.74) is 0.173. The van der Waals surface area contributed by atoms with Crippen molar-refractivity contribution in [1.82, 2.24) is 0 Å². The summed E-state index contributed by atoms with van der Waals surface area (Å²) in [5, 5.41) is 2.80. The highest BCUT2D eigenvalue weighted by Gasteiger charge is 2.32. The van der Waals surface area contributed by atoms with Gasteiger partial charge in [-0.25, -0.2) is 8.42 Å². The Balaban J connectivity index is 1.82. The predicted molar refractivity (Wildman–Crippen MR) is 103 cm³/mol. The first-order valence-corrected chi connectivity index (χ1v) is 10.0. The maximum atomic E-state index is 12.6. The fourth-order valence-electron chi connectivity index (χ4n) is 2.52. The summed E-state index contributed by atoms with van der Waals surface area (Å²) in [7, 11) is -3.76. The molecule has 2 aromatic rings. The minimum atomic E-state index is -3.76. The standard InChI is InChI=1S/C19H22N2O5S/c1-4-25-14-6-8-15(9-7-14)27(23,24)21-13-5-10-16-17(11-13)26-12-19(2,3)18(22)20-16/h5-11,21H,4,12H2,1-3H3,(H,20,22). The summed E-state index contributed by atoms with van der Waals surface area (Å²) in [4.78, 5) is 12.3. The van der Waals surface area contributed by atoms with Gasteiger partial charge >= 0.3 is 0 Å². The molecule has 0 saturated carbocycles. The zero-order valence-corrected chi connectivity index (χ0v) is 16.2. The van der Waals surface area contributed by atoms with Crippen LogP contribution in [0, 0.1) is 5.41 Å². The molecule has 2 N–H and O–H groups in total. The highest BCUT2D eigenvalue weighted by atomic mass is 32.2. The molecule has 0 aromatic heterocycles. The molecule has 144 valence electrons. The number of benzene rings is 2. The highest BCUT2D eigenvalue weighted by Crippen LogP contribution is 2.34. The van der Waals surface area contributed by atoms with Crippen LogP contribution in [0.4, 0.5) is 11.4 Å². The second kappa shape index (κ2) is 7.11. The number of carbonyl (C=O) groups is 1. The van der Waals surface area contributed by atoms with Crippen LogP contribution in [0.25, 0.3) is 0 Å². The van der Waals surface area contributed by atoms with Gasteiger partial charge in [-0.15, -0.1) is 0 Å². The molecule has 1 aliphatic heterocycles. The first-order valence-electron chi connectivity index (χ1n) is 8.55. The second-order valence-electron chi connectivity index (χ2n) is 6.85. The van der Waals surface area contributed by atoms with Crippen LogP contribution in [0.1, 0.15) is 20.8 Å². The molecule has 1 heterocycles. The van der Waals surface area contributed by atoms with Gasteiger partial charge in [-0.05, 0) is 57.2 Å². The van der Waals surface area contributed by atoms with Gasteiger partial charge in [-0.1, -0.05) is 0 Å². The third-order valence-electron chi connectivity index (χ3n) is 4.13. The van der Waals surface area contributed by atoms with E-state index in [2.05, 4.69) is 10.0 Å². The molecular formula is C19H22N2O5S. The Morgan fingerprint density at radius 2 is 1.89 bits per heavy atom. The van der Waals surface area contributed by atoms with E-state index in [1.165, 1.54) is 12.1 Å². The molecule has 0 aliphatic carbocycles. The molecule has 27 heavy (non-hydrogen) atoms. The van der Waals surface area contributed by atoms with Gasteiger partial charge in [-0.2, -0.15) is 0 Å². The highest BCUT2D eigenvalue weighted by molar-refractivity contribution is 7.92. The van der Waals surface area contributed by atoms with Gasteiger partial charge in [0.05, 0.1) is 28.3 Å². The molecule has 1 amide bonds. The van der Waals surface area contributed by atoms with Crippen molar-refractivity contribution < 1.29 is 22.7 Å². The molecule has 3 rings (SSSR count). The molecule has 0 saturated heterocycles. The van der Waals surface area contributed by atoms with Gasteiger partial charge in [-0.3, -0.25) is 9.52 Å². The van der Waals surface area contributed by atoms with Gasteiger partial charge in [0.25, 0.3) is 10.0 Å². The Morgan fingerprint density at radius 1 is 1.19 bits per heavy atom. The van der Waals surface area contributed by atoms with Crippen molar-refractivity contribution in [3.8, 4) is 11.5 Å². The molecule has 0 bridgehead atoms. The Kier molecular flexibility index (Phi) is 5.01. The maximum Gasteiger partial charge on any atom is 0.261 e. The zero-order chi connectivity index (χ0) is 19.7. The fraction of sp³-hybridized carbons (Fsp3) is 0.316. The van der Waals surface area contributed by atoms with Crippen molar-refractivity contribution >= 4 is 27.3 Å². The van der Waals surface area contributed by atoms with E-state index in [4.69, 9.17) is 9.47 Å². The summed E-state index contributed by atoms with van der Waals surface area (Å²) in [6, 6.07) is 10.9. The van der Waals surface area contributed by atoms with E-state index >= 15 is 0 Å². The maximum absolute atomic E-state index is 12.6. The number of carbonyl (C=O) groups excluding carboxylic acids is 1. The van der Waals surface area contributed by atoms with Crippen molar-refractivity contribution in [2.24, 2.45) is 5.41 Å². The lowest BCUT2D eigenvalue weighted by Gasteiger charge is -2.18. The van der Waals surface area contributed by atoms with Crippen molar-refractivity contribution in [2.45, 2.75) is 25.7 Å². The molecule has 0 unspecified atom stereocenters. The first-order chi connectivity index (χ1) is 12.7. The molecule has 2 aromatic carbocycles. The number of anilines is 2. The summed E-state index contributed by atoms with van der Waals surface area (Å²) in [5.74, 6) is 0.873. The average molecular weight is 390 g/mol. The van der Waals surface area contributed by atoms with Crippen LogP contribution in [-0.4, -0.2) is 27.5 Å². The molecule has 8 heteroatoms. The van der Waals surface area contributed by atoms with E-state index in [1.54, 1.807) is 44.2 Å². The largest absolute Gasteiger partial charge is 0.494 e. The monoisotopic (exact) mass is 390 g/mol. The van der Waals surface area contributed by atoms with Gasteiger partial charge in [0.15, 0.2) is 0 Å². The number of hydrogen-bond donors (Lipinski definition) is 2. The van der Waals surface area contributed by atoms with Gasteiger partial charge in [0.1, 0.15) is 18.1 Å². The van der Waals surface area contributed by atoms with E-state index < -0.39 is 15.4 Å². The lowest BCUT2D eigenvalue weighted by atomic mass is 9.94. The predicted octanol–water partition coefficient (Wildman–Crippen LogP) is 3.24. The number of rotatable bonds is 5. The summed E-state index contributed by atoms with van der Waals surface area (Å²) in [6.07, 6.45) is 0. The Labute approximate surface area is 158 Å². The van der Waals surface area contributed by atoms with Crippen molar-refractivity contribution in [1.29, 1.82) is 0 Å². The van der Waals surface area contributed by atoms with E-state index in [0.717, 1.165) is 0 Å². The lowest BCUT2D eigenvalue weighted by molar-refractivity contribution is -0.124. The van der Waals surface area contributed by atoms with Crippen LogP contribution in [0.2, 0.25) is 0 Å². The molecule has 1 aliphatic rings. The van der Waals surface area contributed by atoms with Crippen LogP contribution in [0.5, 0.6) is 11.5 Å². The summed E-state index contributed by atoms with van der Waals surface area (Å²) in [6.45, 7) is 6.12. The van der Waals surface area contributed by atoms with E-state index in [-0.39, 0.29) is 17.4 Å². The smallest absolute Gasteiger partial charge is 0.261 e. The first kappa shape index (κ1) is 19.0. The molecule has 0 radical (unpaired) electrons. The molecule has 7 nitrogen and oxygen atoms in total. The van der Waals surface area contributed by atoms with Crippen LogP contribution in [0.15, 0.2) is 47.4 Å². The normalized spacial score (nSPS) is 15.7. The van der Waals surface area contributed by atoms with Gasteiger partial charge in [0.2, 0.25) is 5.91 Å². The Hall–Kier alpha value is -2.74. The topological polar surface area (TPSA) is 93.7 Å². The van der Waals surface area contributed by atoms with Crippen LogP contribution >= 0.6 is 0 Å². The van der Waals surface area contributed by atoms with Crippen LogP contribution in [-0.2, 0) is 14.8 Å². The number of hydrogen-bond acceptors (Lipinski definition) is 5. The quantitative estimate of drug-likeness (QED) is 0.817. The second-order valence-corrected chi connectivity index (χ2v) is 8.53. The van der Waals surface area contributed by atoms with E-state index in [9.17, 15) is 13.2 Å². The third-order valence-corrected chi connectivity index (χ3v) is 5.53. The third kappa shape index (κ3) is 4.16. The van der Waals surface area contributed by atoms with Crippen molar-refractivity contribution in [2.75, 3.05) is 23.3 Å².